The van der Waals surface area contributed by atoms with Crippen molar-refractivity contribution in [2.24, 2.45) is 0 Å². The van der Waals surface area contributed by atoms with E-state index in [0.29, 0.717) is 54.0 Å². The Morgan fingerprint density at radius 2 is 1.85 bits per heavy atom. The van der Waals surface area contributed by atoms with Gasteiger partial charge in [0.1, 0.15) is 18.1 Å². The van der Waals surface area contributed by atoms with Crippen LogP contribution in [0.3, 0.4) is 0 Å². The highest BCUT2D eigenvalue weighted by molar-refractivity contribution is 5.75. The average Bonchev–Trinajstić information content (AvgIpc) is 3.30. The summed E-state index contributed by atoms with van der Waals surface area (Å²) in [4.78, 5) is 12.1. The first-order valence-electron chi connectivity index (χ1n) is 11.1. The molecular formula is C25H27N5O4. The van der Waals surface area contributed by atoms with E-state index in [1.807, 2.05) is 30.3 Å². The molecule has 0 aliphatic rings. The van der Waals surface area contributed by atoms with E-state index in [9.17, 15) is 4.79 Å². The van der Waals surface area contributed by atoms with Gasteiger partial charge in [0.2, 0.25) is 11.8 Å². The lowest BCUT2D eigenvalue weighted by molar-refractivity contribution is -0.121. The highest BCUT2D eigenvalue weighted by Crippen LogP contribution is 2.32. The minimum Gasteiger partial charge on any atom is -0.497 e. The molecule has 0 aliphatic carbocycles. The van der Waals surface area contributed by atoms with Gasteiger partial charge in [0.15, 0.2) is 11.5 Å². The van der Waals surface area contributed by atoms with Crippen molar-refractivity contribution in [3.63, 3.8) is 0 Å². The summed E-state index contributed by atoms with van der Waals surface area (Å²) in [5.41, 5.74) is 2.50. The number of nitrogens with one attached hydrogen (secondary N) is 1. The van der Waals surface area contributed by atoms with Crippen LogP contribution in [0.5, 0.6) is 17.4 Å². The number of fused-ring (bicyclic) bond motifs is 1. The van der Waals surface area contributed by atoms with Gasteiger partial charge in [0.05, 0.1) is 26.3 Å². The van der Waals surface area contributed by atoms with E-state index in [1.165, 1.54) is 5.56 Å². The molecule has 0 spiro atoms. The Balaban J connectivity index is 1.33. The van der Waals surface area contributed by atoms with E-state index < -0.39 is 0 Å². The molecule has 2 heterocycles. The Bertz CT molecular complexity index is 1240. The molecule has 34 heavy (non-hydrogen) atoms. The number of benzene rings is 2. The Kier molecular flexibility index (Phi) is 7.54. The van der Waals surface area contributed by atoms with Gasteiger partial charge in [-0.3, -0.25) is 4.79 Å². The quantitative estimate of drug-likeness (QED) is 0.342. The lowest BCUT2D eigenvalue weighted by Crippen LogP contribution is -2.28. The van der Waals surface area contributed by atoms with E-state index >= 15 is 0 Å². The second-order valence-electron chi connectivity index (χ2n) is 7.57. The van der Waals surface area contributed by atoms with Gasteiger partial charge in [-0.1, -0.05) is 30.3 Å². The van der Waals surface area contributed by atoms with Crippen molar-refractivity contribution >= 4 is 11.6 Å². The van der Waals surface area contributed by atoms with Crippen LogP contribution in [-0.4, -0.2) is 53.1 Å². The third-order valence-electron chi connectivity index (χ3n) is 5.27. The Hall–Kier alpha value is -4.14. The summed E-state index contributed by atoms with van der Waals surface area (Å²) in [6, 6.07) is 19.1. The number of carbonyl (C=O) groups is 1. The molecule has 4 aromatic rings. The Morgan fingerprint density at radius 3 is 2.65 bits per heavy atom. The first-order valence-corrected chi connectivity index (χ1v) is 11.1. The number of hydrogen-bond donors (Lipinski definition) is 1. The standard InChI is InChI=1S/C25H27N5O4/c1-32-19-11-12-21(33-2)20(17-19)25-28-27-22-13-14-24(29-30(22)25)34-16-15-26-23(31)10-6-9-18-7-4-3-5-8-18/h3-5,7-8,11-14,17H,6,9-10,15-16H2,1-2H3,(H,26,31). The van der Waals surface area contributed by atoms with Crippen LogP contribution < -0.4 is 19.5 Å². The van der Waals surface area contributed by atoms with E-state index in [2.05, 4.69) is 32.7 Å². The molecule has 2 aromatic heterocycles. The summed E-state index contributed by atoms with van der Waals surface area (Å²) in [7, 11) is 3.19. The SMILES string of the molecule is COc1ccc(OC)c(-c2nnc3ccc(OCCNC(=O)CCCc4ccccc4)nn23)c1. The maximum atomic E-state index is 12.1. The summed E-state index contributed by atoms with van der Waals surface area (Å²) in [5.74, 6) is 2.20. The maximum Gasteiger partial charge on any atom is 0.231 e. The number of nitrogens with zero attached hydrogens (tertiary/aromatic N) is 4. The average molecular weight is 462 g/mol. The first kappa shape index (κ1) is 23.0. The molecule has 0 aliphatic heterocycles. The van der Waals surface area contributed by atoms with E-state index in [-0.39, 0.29) is 5.91 Å². The van der Waals surface area contributed by atoms with Crippen molar-refractivity contribution in [3.05, 3.63) is 66.2 Å². The molecule has 4 rings (SSSR count). The number of aryl methyl sites for hydroxylation is 1. The van der Waals surface area contributed by atoms with Crippen LogP contribution in [0.4, 0.5) is 0 Å². The zero-order valence-electron chi connectivity index (χ0n) is 19.2. The highest BCUT2D eigenvalue weighted by Gasteiger charge is 2.16. The monoisotopic (exact) mass is 461 g/mol. The largest absolute Gasteiger partial charge is 0.497 e. The van der Waals surface area contributed by atoms with Crippen molar-refractivity contribution in [1.82, 2.24) is 25.1 Å². The van der Waals surface area contributed by atoms with E-state index in [4.69, 9.17) is 14.2 Å². The zero-order chi connectivity index (χ0) is 23.8. The van der Waals surface area contributed by atoms with Crippen LogP contribution in [0.2, 0.25) is 0 Å². The van der Waals surface area contributed by atoms with Crippen LogP contribution in [0.25, 0.3) is 17.0 Å². The topological polar surface area (TPSA) is 99.9 Å². The fourth-order valence-corrected chi connectivity index (χ4v) is 3.54. The van der Waals surface area contributed by atoms with Gasteiger partial charge in [-0.25, -0.2) is 0 Å². The number of aromatic nitrogens is 4. The molecule has 1 amide bonds. The minimum atomic E-state index is 0.00848. The number of amides is 1. The molecule has 0 saturated carbocycles. The van der Waals surface area contributed by atoms with Crippen molar-refractivity contribution in [1.29, 1.82) is 0 Å². The molecule has 0 unspecified atom stereocenters. The summed E-state index contributed by atoms with van der Waals surface area (Å²) in [5, 5.41) is 15.8. The molecule has 2 aromatic carbocycles. The van der Waals surface area contributed by atoms with Crippen LogP contribution in [0, 0.1) is 0 Å². The molecule has 9 nitrogen and oxygen atoms in total. The van der Waals surface area contributed by atoms with Crippen LogP contribution in [-0.2, 0) is 11.2 Å². The first-order chi connectivity index (χ1) is 16.7. The number of rotatable bonds is 11. The van der Waals surface area contributed by atoms with Crippen molar-refractivity contribution in [2.45, 2.75) is 19.3 Å². The maximum absolute atomic E-state index is 12.1. The van der Waals surface area contributed by atoms with Crippen LogP contribution >= 0.6 is 0 Å². The van der Waals surface area contributed by atoms with Gasteiger partial charge < -0.3 is 19.5 Å². The summed E-state index contributed by atoms with van der Waals surface area (Å²) < 4.78 is 18.1. The smallest absolute Gasteiger partial charge is 0.231 e. The number of methoxy groups -OCH3 is 2. The molecule has 9 heteroatoms. The van der Waals surface area contributed by atoms with Gasteiger partial charge in [0, 0.05) is 12.5 Å². The number of carbonyl (C=O) groups excluding carboxylic acids is 1. The molecule has 0 fully saturated rings. The predicted molar refractivity (Wildman–Crippen MR) is 127 cm³/mol. The molecule has 0 atom stereocenters. The van der Waals surface area contributed by atoms with Gasteiger partial charge in [-0.05, 0) is 42.7 Å². The van der Waals surface area contributed by atoms with Crippen molar-refractivity contribution in [2.75, 3.05) is 27.4 Å². The number of ether oxygens (including phenoxy) is 3. The van der Waals surface area contributed by atoms with E-state index in [0.717, 1.165) is 12.8 Å². The van der Waals surface area contributed by atoms with Gasteiger partial charge >= 0.3 is 0 Å². The summed E-state index contributed by atoms with van der Waals surface area (Å²) in [6.45, 7) is 0.686. The second-order valence-corrected chi connectivity index (χ2v) is 7.57. The fourth-order valence-electron chi connectivity index (χ4n) is 3.54. The Morgan fingerprint density at radius 1 is 1.00 bits per heavy atom. The highest BCUT2D eigenvalue weighted by atomic mass is 16.5. The summed E-state index contributed by atoms with van der Waals surface area (Å²) >= 11 is 0. The van der Waals surface area contributed by atoms with Gasteiger partial charge in [-0.15, -0.1) is 15.3 Å². The van der Waals surface area contributed by atoms with Crippen molar-refractivity contribution < 1.29 is 19.0 Å². The predicted octanol–water partition coefficient (Wildman–Crippen LogP) is 3.33. The Labute approximate surface area is 197 Å². The van der Waals surface area contributed by atoms with Crippen LogP contribution in [0.15, 0.2) is 60.7 Å². The molecule has 0 bridgehead atoms. The molecule has 1 N–H and O–H groups in total. The molecule has 176 valence electrons. The zero-order valence-corrected chi connectivity index (χ0v) is 19.2. The second kappa shape index (κ2) is 11.1. The number of hydrogen-bond acceptors (Lipinski definition) is 7. The fraction of sp³-hybridized carbons (Fsp3) is 0.280. The summed E-state index contributed by atoms with van der Waals surface area (Å²) in [6.07, 6.45) is 2.17. The normalized spacial score (nSPS) is 10.8. The lowest BCUT2D eigenvalue weighted by Gasteiger charge is -2.10. The molecular weight excluding hydrogens is 434 g/mol. The van der Waals surface area contributed by atoms with Gasteiger partial charge in [-0.2, -0.15) is 4.52 Å². The van der Waals surface area contributed by atoms with E-state index in [1.54, 1.807) is 36.9 Å². The van der Waals surface area contributed by atoms with Gasteiger partial charge in [0.25, 0.3) is 0 Å². The minimum absolute atomic E-state index is 0.00848. The molecule has 0 saturated heterocycles. The third-order valence-corrected chi connectivity index (χ3v) is 5.27. The third kappa shape index (κ3) is 5.61. The van der Waals surface area contributed by atoms with Crippen LogP contribution in [0.1, 0.15) is 18.4 Å². The van der Waals surface area contributed by atoms with Crippen molar-refractivity contribution in [3.8, 4) is 28.8 Å². The lowest BCUT2D eigenvalue weighted by atomic mass is 10.1. The molecule has 0 radical (unpaired) electrons.